The number of hydrogen-bond acceptors (Lipinski definition) is 5. The van der Waals surface area contributed by atoms with Crippen LogP contribution in [-0.4, -0.2) is 24.9 Å². The number of hydrogen-bond donors (Lipinski definition) is 2. The topological polar surface area (TPSA) is 79.4 Å². The van der Waals surface area contributed by atoms with Crippen LogP contribution in [-0.2, 0) is 13.0 Å². The molecule has 0 bridgehead atoms. The van der Waals surface area contributed by atoms with Gasteiger partial charge in [0, 0.05) is 55.5 Å². The summed E-state index contributed by atoms with van der Waals surface area (Å²) in [7, 11) is 0. The molecular weight excluding hydrogens is 312 g/mol. The highest BCUT2D eigenvalue weighted by molar-refractivity contribution is 5.80. The molecule has 0 saturated heterocycles. The van der Waals surface area contributed by atoms with Crippen LogP contribution in [0.1, 0.15) is 22.3 Å². The Hall–Kier alpha value is -3.28. The first kappa shape index (κ1) is 15.3. The van der Waals surface area contributed by atoms with E-state index in [9.17, 15) is 0 Å². The van der Waals surface area contributed by atoms with Gasteiger partial charge in [-0.25, -0.2) is 15.0 Å². The normalized spacial score (nSPS) is 10.9. The van der Waals surface area contributed by atoms with Crippen molar-refractivity contribution in [2.24, 2.45) is 0 Å². The second kappa shape index (κ2) is 6.68. The Balaban J connectivity index is 1.45. The van der Waals surface area contributed by atoms with Crippen LogP contribution in [0, 0.1) is 6.92 Å². The number of rotatable bonds is 5. The van der Waals surface area contributed by atoms with Crippen molar-refractivity contribution < 1.29 is 0 Å². The van der Waals surface area contributed by atoms with Crippen LogP contribution in [0.4, 0.5) is 5.95 Å². The van der Waals surface area contributed by atoms with Gasteiger partial charge >= 0.3 is 0 Å². The molecule has 4 rings (SSSR count). The number of nitrogens with one attached hydrogen (secondary N) is 2. The summed E-state index contributed by atoms with van der Waals surface area (Å²) in [6.07, 6.45) is 11.9. The minimum absolute atomic E-state index is 0.622. The molecule has 2 N–H and O–H groups in total. The van der Waals surface area contributed by atoms with Gasteiger partial charge in [-0.2, -0.15) is 0 Å². The van der Waals surface area contributed by atoms with Crippen molar-refractivity contribution >= 4 is 17.0 Å². The Morgan fingerprint density at radius 1 is 1.00 bits per heavy atom. The summed E-state index contributed by atoms with van der Waals surface area (Å²) in [5.74, 6) is 0.622. The van der Waals surface area contributed by atoms with Crippen molar-refractivity contribution in [3.8, 4) is 0 Å². The first-order valence-electron chi connectivity index (χ1n) is 8.14. The number of aromatic nitrogens is 5. The van der Waals surface area contributed by atoms with E-state index in [2.05, 4.69) is 43.2 Å². The summed E-state index contributed by atoms with van der Waals surface area (Å²) in [5.41, 5.74) is 5.48. The van der Waals surface area contributed by atoms with E-state index in [1.807, 2.05) is 36.9 Å². The average Bonchev–Trinajstić information content (AvgIpc) is 3.04. The zero-order chi connectivity index (χ0) is 17.1. The third-order valence-corrected chi connectivity index (χ3v) is 4.05. The molecular formula is C19H18N6. The molecule has 0 radical (unpaired) electrons. The van der Waals surface area contributed by atoms with E-state index in [0.717, 1.165) is 34.1 Å². The van der Waals surface area contributed by atoms with Crippen LogP contribution >= 0.6 is 0 Å². The van der Waals surface area contributed by atoms with E-state index < -0.39 is 0 Å². The molecule has 0 fully saturated rings. The lowest BCUT2D eigenvalue weighted by atomic mass is 10.1. The van der Waals surface area contributed by atoms with E-state index in [1.165, 1.54) is 5.56 Å². The minimum atomic E-state index is 0.622. The van der Waals surface area contributed by atoms with Crippen LogP contribution in [0.5, 0.6) is 0 Å². The summed E-state index contributed by atoms with van der Waals surface area (Å²) in [4.78, 5) is 20.4. The smallest absolute Gasteiger partial charge is 0.222 e. The van der Waals surface area contributed by atoms with Crippen molar-refractivity contribution in [1.82, 2.24) is 24.9 Å². The van der Waals surface area contributed by atoms with Crippen LogP contribution in [0.2, 0.25) is 0 Å². The largest absolute Gasteiger partial charge is 0.350 e. The lowest BCUT2D eigenvalue weighted by Gasteiger charge is -2.05. The summed E-state index contributed by atoms with van der Waals surface area (Å²) < 4.78 is 0. The maximum Gasteiger partial charge on any atom is 0.222 e. The van der Waals surface area contributed by atoms with Crippen molar-refractivity contribution in [3.63, 3.8) is 0 Å². The Bertz CT molecular complexity index is 976. The van der Waals surface area contributed by atoms with Crippen LogP contribution in [0.15, 0.2) is 55.4 Å². The highest BCUT2D eigenvalue weighted by Gasteiger charge is 2.07. The molecule has 4 aromatic rings. The van der Waals surface area contributed by atoms with Crippen LogP contribution < -0.4 is 5.32 Å². The summed E-state index contributed by atoms with van der Waals surface area (Å²) in [6, 6.07) is 6.09. The molecule has 4 heterocycles. The zero-order valence-corrected chi connectivity index (χ0v) is 13.9. The van der Waals surface area contributed by atoms with Gasteiger partial charge < -0.3 is 10.3 Å². The number of nitrogens with zero attached hydrogens (tertiary/aromatic N) is 4. The number of fused-ring (bicyclic) bond motifs is 1. The summed E-state index contributed by atoms with van der Waals surface area (Å²) in [6.45, 7) is 2.73. The SMILES string of the molecule is Cc1cnc2[nH]cc(Cc3cnc(NCc4ccncc4)nc3)c2c1. The molecule has 0 aliphatic carbocycles. The van der Waals surface area contributed by atoms with E-state index >= 15 is 0 Å². The molecule has 0 atom stereocenters. The summed E-state index contributed by atoms with van der Waals surface area (Å²) in [5, 5.41) is 4.37. The molecule has 25 heavy (non-hydrogen) atoms. The first-order valence-corrected chi connectivity index (χ1v) is 8.14. The molecule has 0 spiro atoms. The second-order valence-electron chi connectivity index (χ2n) is 6.02. The highest BCUT2D eigenvalue weighted by atomic mass is 15.1. The van der Waals surface area contributed by atoms with Crippen molar-refractivity contribution in [1.29, 1.82) is 0 Å². The van der Waals surface area contributed by atoms with Gasteiger partial charge in [-0.15, -0.1) is 0 Å². The molecule has 0 aliphatic heterocycles. The third-order valence-electron chi connectivity index (χ3n) is 4.05. The van der Waals surface area contributed by atoms with Gasteiger partial charge in [-0.1, -0.05) is 0 Å². The Labute approximate surface area is 145 Å². The number of pyridine rings is 2. The van der Waals surface area contributed by atoms with Crippen LogP contribution in [0.3, 0.4) is 0 Å². The summed E-state index contributed by atoms with van der Waals surface area (Å²) >= 11 is 0. The van der Waals surface area contributed by atoms with Gasteiger partial charge in [-0.3, -0.25) is 4.98 Å². The predicted molar refractivity (Wildman–Crippen MR) is 97.2 cm³/mol. The number of anilines is 1. The fourth-order valence-corrected chi connectivity index (χ4v) is 2.75. The van der Waals surface area contributed by atoms with Crippen molar-refractivity contribution in [2.75, 3.05) is 5.32 Å². The van der Waals surface area contributed by atoms with Crippen LogP contribution in [0.25, 0.3) is 11.0 Å². The first-order chi connectivity index (χ1) is 12.3. The monoisotopic (exact) mass is 330 g/mol. The van der Waals surface area contributed by atoms with Gasteiger partial charge in [0.05, 0.1) is 0 Å². The lowest BCUT2D eigenvalue weighted by Crippen LogP contribution is -2.04. The molecule has 0 aromatic carbocycles. The Kier molecular flexibility index (Phi) is 4.08. The maximum absolute atomic E-state index is 4.41. The molecule has 0 aliphatic rings. The standard InChI is InChI=1S/C19H18N6/c1-13-6-17-16(12-22-18(17)21-8-13)7-15-10-24-19(25-11-15)23-9-14-2-4-20-5-3-14/h2-6,8,10-12H,7,9H2,1H3,(H,21,22)(H,23,24,25). The number of aryl methyl sites for hydroxylation is 1. The number of aromatic amines is 1. The quantitative estimate of drug-likeness (QED) is 0.587. The van der Waals surface area contributed by atoms with E-state index in [1.54, 1.807) is 12.4 Å². The molecule has 6 heteroatoms. The Morgan fingerprint density at radius 3 is 2.60 bits per heavy atom. The lowest BCUT2D eigenvalue weighted by molar-refractivity contribution is 1.02. The van der Waals surface area contributed by atoms with Crippen molar-refractivity contribution in [3.05, 3.63) is 77.6 Å². The van der Waals surface area contributed by atoms with E-state index in [0.29, 0.717) is 12.5 Å². The van der Waals surface area contributed by atoms with Gasteiger partial charge in [0.1, 0.15) is 5.65 Å². The Morgan fingerprint density at radius 2 is 1.80 bits per heavy atom. The molecule has 124 valence electrons. The number of H-pyrrole nitrogens is 1. The predicted octanol–water partition coefficient (Wildman–Crippen LogP) is 3.26. The van der Waals surface area contributed by atoms with E-state index in [4.69, 9.17) is 0 Å². The van der Waals surface area contributed by atoms with Gasteiger partial charge in [0.2, 0.25) is 5.95 Å². The van der Waals surface area contributed by atoms with Gasteiger partial charge in [0.15, 0.2) is 0 Å². The molecule has 4 aromatic heterocycles. The third kappa shape index (κ3) is 3.47. The molecule has 0 amide bonds. The zero-order valence-electron chi connectivity index (χ0n) is 13.9. The van der Waals surface area contributed by atoms with Gasteiger partial charge in [-0.05, 0) is 47.4 Å². The molecule has 0 unspecified atom stereocenters. The average molecular weight is 330 g/mol. The minimum Gasteiger partial charge on any atom is -0.350 e. The maximum atomic E-state index is 4.41. The fraction of sp³-hybridized carbons (Fsp3) is 0.158. The van der Waals surface area contributed by atoms with Gasteiger partial charge in [0.25, 0.3) is 0 Å². The fourth-order valence-electron chi connectivity index (χ4n) is 2.75. The highest BCUT2D eigenvalue weighted by Crippen LogP contribution is 2.20. The molecule has 0 saturated carbocycles. The van der Waals surface area contributed by atoms with Crippen molar-refractivity contribution in [2.45, 2.75) is 19.9 Å². The second-order valence-corrected chi connectivity index (χ2v) is 6.02. The van der Waals surface area contributed by atoms with E-state index in [-0.39, 0.29) is 0 Å². The molecule has 6 nitrogen and oxygen atoms in total.